The number of nitrogens with one attached hydrogen (secondary N) is 1. The van der Waals surface area contributed by atoms with Gasteiger partial charge in [-0.1, -0.05) is 30.3 Å². The van der Waals surface area contributed by atoms with E-state index in [4.69, 9.17) is 0 Å². The summed E-state index contributed by atoms with van der Waals surface area (Å²) in [5, 5.41) is 4.19. The molecule has 4 rings (SSSR count). The van der Waals surface area contributed by atoms with Crippen LogP contribution in [0.25, 0.3) is 20.2 Å². The van der Waals surface area contributed by atoms with Crippen LogP contribution in [0.2, 0.25) is 0 Å². The minimum absolute atomic E-state index is 0.00448. The van der Waals surface area contributed by atoms with Crippen molar-refractivity contribution in [2.45, 2.75) is 0 Å². The Morgan fingerprint density at radius 1 is 0.792 bits per heavy atom. The average molecular weight is 331 g/mol. The highest BCUT2D eigenvalue weighted by atomic mass is 32.1. The summed E-state index contributed by atoms with van der Waals surface area (Å²) in [5.41, 5.74) is 1.20. The molecule has 0 spiro atoms. The zero-order valence-corrected chi connectivity index (χ0v) is 13.5. The molecule has 0 atom stereocenters. The molecule has 0 bridgehead atoms. The molecule has 4 heteroatoms. The van der Waals surface area contributed by atoms with Gasteiger partial charge in [0, 0.05) is 31.4 Å². The predicted molar refractivity (Wildman–Crippen MR) is 100.0 cm³/mol. The number of carbonyl (C=O) groups is 1. The van der Waals surface area contributed by atoms with Gasteiger partial charge in [0.25, 0.3) is 5.91 Å². The van der Waals surface area contributed by atoms with E-state index in [2.05, 4.69) is 5.32 Å². The van der Waals surface area contributed by atoms with Crippen LogP contribution >= 0.6 is 11.3 Å². The molecule has 0 saturated heterocycles. The first-order valence-electron chi connectivity index (χ1n) is 7.54. The number of hydrogen-bond donors (Lipinski definition) is 1. The third-order valence-corrected chi connectivity index (χ3v) is 5.02. The van der Waals surface area contributed by atoms with Crippen molar-refractivity contribution < 1.29 is 4.79 Å². The molecule has 3 nitrogen and oxygen atoms in total. The number of fused-ring (bicyclic) bond motifs is 2. The molecule has 0 aliphatic rings. The average Bonchev–Trinajstić information content (AvgIpc) is 2.63. The number of hydrogen-bond acceptors (Lipinski definition) is 3. The molecule has 0 radical (unpaired) electrons. The lowest BCUT2D eigenvalue weighted by atomic mass is 10.1. The molecular weight excluding hydrogens is 318 g/mol. The van der Waals surface area contributed by atoms with Gasteiger partial charge in [0.05, 0.1) is 0 Å². The molecule has 0 unspecified atom stereocenters. The Labute approximate surface area is 142 Å². The second kappa shape index (κ2) is 5.91. The fraction of sp³-hybridized carbons (Fsp3) is 0. The summed E-state index contributed by atoms with van der Waals surface area (Å²) < 4.78 is 1.88. The smallest absolute Gasteiger partial charge is 0.255 e. The molecule has 1 N–H and O–H groups in total. The first-order chi connectivity index (χ1) is 11.7. The van der Waals surface area contributed by atoms with Crippen molar-refractivity contribution in [2.75, 3.05) is 5.32 Å². The molecule has 1 amide bonds. The Morgan fingerprint density at radius 2 is 1.50 bits per heavy atom. The van der Waals surface area contributed by atoms with E-state index in [1.807, 2.05) is 54.6 Å². The van der Waals surface area contributed by atoms with Gasteiger partial charge in [0.2, 0.25) is 0 Å². The first-order valence-corrected chi connectivity index (χ1v) is 8.36. The van der Waals surface area contributed by atoms with Gasteiger partial charge >= 0.3 is 0 Å². The molecule has 0 aliphatic heterocycles. The number of anilines is 1. The maximum absolute atomic E-state index is 12.7. The molecule has 0 aliphatic carbocycles. The lowest BCUT2D eigenvalue weighted by Crippen LogP contribution is -2.12. The van der Waals surface area contributed by atoms with Gasteiger partial charge < -0.3 is 5.32 Å². The van der Waals surface area contributed by atoms with E-state index < -0.39 is 0 Å². The molecule has 1 aromatic heterocycles. The Hall–Kier alpha value is -2.98. The summed E-state index contributed by atoms with van der Waals surface area (Å²) in [6, 6.07) is 22.1. The molecule has 24 heavy (non-hydrogen) atoms. The fourth-order valence-corrected chi connectivity index (χ4v) is 3.73. The van der Waals surface area contributed by atoms with Gasteiger partial charge in [0.1, 0.15) is 0 Å². The number of benzene rings is 3. The van der Waals surface area contributed by atoms with Crippen LogP contribution in [0, 0.1) is 0 Å². The van der Waals surface area contributed by atoms with Crippen molar-refractivity contribution in [2.24, 2.45) is 0 Å². The number of amides is 1. The zero-order chi connectivity index (χ0) is 16.5. The van der Waals surface area contributed by atoms with Crippen LogP contribution in [0.4, 0.5) is 5.69 Å². The minimum Gasteiger partial charge on any atom is -0.322 e. The van der Waals surface area contributed by atoms with E-state index in [0.29, 0.717) is 22.0 Å². The summed E-state index contributed by atoms with van der Waals surface area (Å²) in [6.07, 6.45) is 0. The van der Waals surface area contributed by atoms with Crippen molar-refractivity contribution >= 4 is 43.1 Å². The molecule has 4 aromatic rings. The Bertz CT molecular complexity index is 1120. The van der Waals surface area contributed by atoms with Crippen molar-refractivity contribution in [3.05, 3.63) is 88.6 Å². The Kier molecular flexibility index (Phi) is 3.59. The molecule has 1 heterocycles. The SMILES string of the molecule is O=C(Nc1ccc2sc3ccccc3c(=O)c2c1)c1ccccc1. The van der Waals surface area contributed by atoms with Crippen LogP contribution < -0.4 is 10.7 Å². The number of rotatable bonds is 2. The van der Waals surface area contributed by atoms with E-state index in [0.717, 1.165) is 9.40 Å². The van der Waals surface area contributed by atoms with Crippen LogP contribution in [0.3, 0.4) is 0 Å². The van der Waals surface area contributed by atoms with Gasteiger partial charge in [-0.2, -0.15) is 0 Å². The standard InChI is InChI=1S/C20H13NO2S/c22-19-15-8-4-5-9-17(15)24-18-11-10-14(12-16(18)19)21-20(23)13-6-2-1-3-7-13/h1-12H,(H,21,23). The predicted octanol–water partition coefficient (Wildman–Crippen LogP) is 4.67. The van der Waals surface area contributed by atoms with Crippen molar-refractivity contribution in [3.8, 4) is 0 Å². The highest BCUT2D eigenvalue weighted by molar-refractivity contribution is 7.24. The van der Waals surface area contributed by atoms with Gasteiger partial charge in [0.15, 0.2) is 5.43 Å². The van der Waals surface area contributed by atoms with Crippen molar-refractivity contribution in [1.29, 1.82) is 0 Å². The maximum atomic E-state index is 12.7. The maximum Gasteiger partial charge on any atom is 0.255 e. The number of carbonyl (C=O) groups excluding carboxylic acids is 1. The van der Waals surface area contributed by atoms with E-state index in [1.54, 1.807) is 29.5 Å². The summed E-state index contributed by atoms with van der Waals surface area (Å²) in [4.78, 5) is 25.0. The van der Waals surface area contributed by atoms with Gasteiger partial charge in [-0.05, 0) is 42.5 Å². The summed E-state index contributed by atoms with van der Waals surface area (Å²) in [7, 11) is 0. The first kappa shape index (κ1) is 14.6. The summed E-state index contributed by atoms with van der Waals surface area (Å²) in [5.74, 6) is -0.188. The monoisotopic (exact) mass is 331 g/mol. The summed E-state index contributed by atoms with van der Waals surface area (Å²) in [6.45, 7) is 0. The van der Waals surface area contributed by atoms with Crippen LogP contribution in [0.5, 0.6) is 0 Å². The van der Waals surface area contributed by atoms with Crippen LogP contribution in [-0.2, 0) is 0 Å². The quantitative estimate of drug-likeness (QED) is 0.543. The van der Waals surface area contributed by atoms with Crippen LogP contribution in [0.1, 0.15) is 10.4 Å². The molecule has 0 saturated carbocycles. The van der Waals surface area contributed by atoms with Gasteiger partial charge in [-0.3, -0.25) is 9.59 Å². The Morgan fingerprint density at radius 3 is 2.33 bits per heavy atom. The van der Waals surface area contributed by atoms with Crippen molar-refractivity contribution in [3.63, 3.8) is 0 Å². The molecule has 3 aromatic carbocycles. The summed E-state index contributed by atoms with van der Waals surface area (Å²) >= 11 is 1.58. The third-order valence-electron chi connectivity index (χ3n) is 3.87. The van der Waals surface area contributed by atoms with E-state index >= 15 is 0 Å². The van der Waals surface area contributed by atoms with Crippen molar-refractivity contribution in [1.82, 2.24) is 0 Å². The second-order valence-electron chi connectivity index (χ2n) is 5.46. The van der Waals surface area contributed by atoms with Crippen LogP contribution in [-0.4, -0.2) is 5.91 Å². The lowest BCUT2D eigenvalue weighted by molar-refractivity contribution is 0.102. The van der Waals surface area contributed by atoms with Gasteiger partial charge in [-0.15, -0.1) is 11.3 Å². The van der Waals surface area contributed by atoms with Crippen LogP contribution in [0.15, 0.2) is 77.6 Å². The van der Waals surface area contributed by atoms with E-state index in [9.17, 15) is 9.59 Å². The highest BCUT2D eigenvalue weighted by Crippen LogP contribution is 2.26. The largest absolute Gasteiger partial charge is 0.322 e. The second-order valence-corrected chi connectivity index (χ2v) is 6.54. The topological polar surface area (TPSA) is 46.2 Å². The zero-order valence-electron chi connectivity index (χ0n) is 12.7. The minimum atomic E-state index is -0.188. The fourth-order valence-electron chi connectivity index (χ4n) is 2.67. The van der Waals surface area contributed by atoms with E-state index in [1.165, 1.54) is 0 Å². The molecular formula is C20H13NO2S. The highest BCUT2D eigenvalue weighted by Gasteiger charge is 2.09. The normalized spacial score (nSPS) is 10.8. The lowest BCUT2D eigenvalue weighted by Gasteiger charge is -2.07. The molecule has 0 fully saturated rings. The Balaban J connectivity index is 1.78. The van der Waals surface area contributed by atoms with Gasteiger partial charge in [-0.25, -0.2) is 0 Å². The molecule has 116 valence electrons. The van der Waals surface area contributed by atoms with E-state index in [-0.39, 0.29) is 11.3 Å². The third kappa shape index (κ3) is 2.57.